The van der Waals surface area contributed by atoms with Crippen molar-refractivity contribution in [3.05, 3.63) is 11.1 Å². The second kappa shape index (κ2) is 12.4. The van der Waals surface area contributed by atoms with Crippen molar-refractivity contribution in [2.45, 2.75) is 104 Å². The summed E-state index contributed by atoms with van der Waals surface area (Å²) in [6.07, 6.45) is 5.06. The maximum Gasteiger partial charge on any atom is 0.452 e. The van der Waals surface area contributed by atoms with E-state index in [1.54, 1.807) is 0 Å². The Morgan fingerprint density at radius 1 is 0.970 bits per heavy atom. The molecule has 33 heavy (non-hydrogen) atoms. The van der Waals surface area contributed by atoms with Crippen molar-refractivity contribution in [2.75, 3.05) is 0 Å². The molecule has 0 saturated heterocycles. The lowest BCUT2D eigenvalue weighted by Gasteiger charge is -2.34. The smallest absolute Gasteiger partial charge is 0.452 e. The van der Waals surface area contributed by atoms with E-state index in [0.717, 1.165) is 32.1 Å². The second-order valence-corrected chi connectivity index (χ2v) is 26.6. The fraction of sp³-hybridized carbons (Fsp3) is 0.818. The lowest BCUT2D eigenvalue weighted by Crippen LogP contribution is -2.46. The van der Waals surface area contributed by atoms with Gasteiger partial charge in [-0.05, 0) is 75.4 Å². The minimum atomic E-state index is -2.27. The molecule has 7 nitrogen and oxygen atoms in total. The van der Waals surface area contributed by atoms with Crippen molar-refractivity contribution in [2.24, 2.45) is 11.8 Å². The molecule has 1 rings (SSSR count). The van der Waals surface area contributed by atoms with Crippen LogP contribution in [0.5, 0.6) is 0 Å². The molecule has 0 aromatic carbocycles. The molecule has 1 atom stereocenters. The number of carboxylic acids is 2. The quantitative estimate of drug-likeness (QED) is 0.259. The third-order valence-electron chi connectivity index (χ3n) is 5.63. The highest BCUT2D eigenvalue weighted by atomic mass is 28.5. The van der Waals surface area contributed by atoms with E-state index in [1.807, 2.05) is 6.92 Å². The summed E-state index contributed by atoms with van der Waals surface area (Å²) in [5.74, 6) is -2.75. The number of carbonyl (C=O) groups is 2. The van der Waals surface area contributed by atoms with Crippen LogP contribution in [-0.2, 0) is 21.9 Å². The molecule has 0 aromatic heterocycles. The summed E-state index contributed by atoms with van der Waals surface area (Å²) in [7, 11) is -7.03. The Morgan fingerprint density at radius 2 is 1.45 bits per heavy atom. The zero-order chi connectivity index (χ0) is 25.6. The summed E-state index contributed by atoms with van der Waals surface area (Å²) in [6, 6.07) is 0. The number of aliphatic carboxylic acids is 2. The van der Waals surface area contributed by atoms with Gasteiger partial charge in [0.05, 0.1) is 11.1 Å². The largest absolute Gasteiger partial charge is 0.478 e. The monoisotopic (exact) mass is 534 g/mol. The van der Waals surface area contributed by atoms with Crippen LogP contribution in [0.2, 0.25) is 44.3 Å². The van der Waals surface area contributed by atoms with Crippen LogP contribution in [-0.4, -0.2) is 58.1 Å². The summed E-state index contributed by atoms with van der Waals surface area (Å²) >= 11 is 0. The molecule has 1 unspecified atom stereocenters. The highest BCUT2D eigenvalue weighted by molar-refractivity contribution is 6.80. The highest BCUT2D eigenvalue weighted by Crippen LogP contribution is 2.39. The van der Waals surface area contributed by atoms with Gasteiger partial charge in [0.25, 0.3) is 0 Å². The van der Waals surface area contributed by atoms with Crippen LogP contribution in [0.4, 0.5) is 0 Å². The lowest BCUT2D eigenvalue weighted by atomic mass is 9.78. The number of hydrogen-bond donors (Lipinski definition) is 2. The second-order valence-electron chi connectivity index (χ2n) is 12.1. The van der Waals surface area contributed by atoms with Gasteiger partial charge in [-0.3, -0.25) is 0 Å². The fourth-order valence-corrected chi connectivity index (χ4v) is 14.4. The highest BCUT2D eigenvalue weighted by Gasteiger charge is 2.36. The molecule has 1 fully saturated rings. The van der Waals surface area contributed by atoms with Gasteiger partial charge in [-0.25, -0.2) is 9.59 Å². The molecule has 0 aromatic rings. The van der Waals surface area contributed by atoms with Crippen molar-refractivity contribution in [3.63, 3.8) is 0 Å². The summed E-state index contributed by atoms with van der Waals surface area (Å²) < 4.78 is 18.9. The zero-order valence-corrected chi connectivity index (χ0v) is 26.7. The van der Waals surface area contributed by atoms with Gasteiger partial charge in [-0.2, -0.15) is 0 Å². The van der Waals surface area contributed by atoms with Gasteiger partial charge in [-0.1, -0.05) is 40.0 Å². The van der Waals surface area contributed by atoms with E-state index in [0.29, 0.717) is 6.42 Å². The first-order valence-corrected chi connectivity index (χ1v) is 21.6. The number of hydrogen-bond acceptors (Lipinski definition) is 5. The van der Waals surface area contributed by atoms with Crippen LogP contribution < -0.4 is 0 Å². The number of rotatable bonds is 13. The third-order valence-corrected chi connectivity index (χ3v) is 15.6. The summed E-state index contributed by atoms with van der Waals surface area (Å²) in [5, 5.41) is 19.7. The van der Waals surface area contributed by atoms with Crippen LogP contribution in [0.15, 0.2) is 11.1 Å². The summed E-state index contributed by atoms with van der Waals surface area (Å²) in [6.45, 7) is 18.8. The van der Waals surface area contributed by atoms with Crippen LogP contribution in [0, 0.1) is 11.8 Å². The fourth-order valence-electron chi connectivity index (χ4n) is 4.45. The number of carboxylic acid groups (broad SMARTS) is 2. The van der Waals surface area contributed by atoms with Crippen LogP contribution in [0.3, 0.4) is 0 Å². The molecule has 192 valence electrons. The van der Waals surface area contributed by atoms with Crippen molar-refractivity contribution in [1.29, 1.82) is 0 Å². The van der Waals surface area contributed by atoms with E-state index in [2.05, 4.69) is 53.1 Å². The van der Waals surface area contributed by atoms with Crippen molar-refractivity contribution in [3.8, 4) is 0 Å². The van der Waals surface area contributed by atoms with Gasteiger partial charge in [0.2, 0.25) is 0 Å². The molecule has 11 heteroatoms. The molecule has 0 amide bonds. The topological polar surface area (TPSA) is 102 Å². The normalized spacial score (nSPS) is 18.6. The van der Waals surface area contributed by atoms with Crippen LogP contribution in [0.1, 0.15) is 59.3 Å². The Hall–Kier alpha value is -0.572. The molecule has 0 spiro atoms. The molecule has 0 radical (unpaired) electrons. The van der Waals surface area contributed by atoms with Gasteiger partial charge < -0.3 is 22.6 Å². The van der Waals surface area contributed by atoms with E-state index >= 15 is 0 Å². The average Bonchev–Trinajstić information content (AvgIpc) is 2.61. The van der Waals surface area contributed by atoms with Gasteiger partial charge >= 0.3 is 21.5 Å². The molecular formula is C22H46O7Si4. The van der Waals surface area contributed by atoms with E-state index < -0.39 is 47.9 Å². The molecule has 0 heterocycles. The Labute approximate surface area is 206 Å². The lowest BCUT2D eigenvalue weighted by molar-refractivity contribution is -0.137. The van der Waals surface area contributed by atoms with Gasteiger partial charge in [-0.15, -0.1) is 0 Å². The predicted molar refractivity (Wildman–Crippen MR) is 142 cm³/mol. The Bertz CT molecular complexity index is 689. The van der Waals surface area contributed by atoms with Crippen molar-refractivity contribution < 1.29 is 32.1 Å². The average molecular weight is 535 g/mol. The standard InChI is InChI=1S/C22H46O7Si4/c1-16(18(20(23)24)19(21(25)26)17-13-11-10-12-14-17)15-22(2,3)30-27-31(28-32(4,5)6)29-33(7,8)9/h16-17,31H,10-15,30H2,1-9H3,(H,23,24)(H,25,26)/b19-18+. The maximum absolute atomic E-state index is 12.2. The molecule has 1 aliphatic carbocycles. The molecule has 0 bridgehead atoms. The molecule has 0 aliphatic heterocycles. The van der Waals surface area contributed by atoms with Gasteiger partial charge in [0, 0.05) is 0 Å². The summed E-state index contributed by atoms with van der Waals surface area (Å²) in [4.78, 5) is 24.4. The molecule has 1 saturated carbocycles. The van der Waals surface area contributed by atoms with E-state index in [1.165, 1.54) is 0 Å². The minimum Gasteiger partial charge on any atom is -0.478 e. The van der Waals surface area contributed by atoms with E-state index in [9.17, 15) is 19.8 Å². The maximum atomic E-state index is 12.2. The minimum absolute atomic E-state index is 0.0713. The van der Waals surface area contributed by atoms with Crippen molar-refractivity contribution >= 4 is 47.9 Å². The molecular weight excluding hydrogens is 489 g/mol. The van der Waals surface area contributed by atoms with Gasteiger partial charge in [0.15, 0.2) is 26.4 Å². The van der Waals surface area contributed by atoms with Crippen LogP contribution >= 0.6 is 0 Å². The van der Waals surface area contributed by atoms with E-state index in [-0.39, 0.29) is 28.0 Å². The third kappa shape index (κ3) is 11.6. The van der Waals surface area contributed by atoms with Gasteiger partial charge in [0.1, 0.15) is 0 Å². The zero-order valence-electron chi connectivity index (χ0n) is 22.1. The first-order valence-electron chi connectivity index (χ1n) is 12.1. The first kappa shape index (κ1) is 30.5. The van der Waals surface area contributed by atoms with Crippen molar-refractivity contribution in [1.82, 2.24) is 0 Å². The first-order chi connectivity index (χ1) is 14.9. The Kier molecular flexibility index (Phi) is 11.5. The van der Waals surface area contributed by atoms with E-state index in [4.69, 9.17) is 12.3 Å². The molecule has 2 N–H and O–H groups in total. The Balaban J connectivity index is 3.04. The Morgan fingerprint density at radius 3 is 1.85 bits per heavy atom. The summed E-state index contributed by atoms with van der Waals surface area (Å²) in [5.41, 5.74) is 0.187. The van der Waals surface area contributed by atoms with Crippen LogP contribution in [0.25, 0.3) is 0 Å². The molecule has 1 aliphatic rings. The SMILES string of the molecule is CC(CC(C)(C)[SiH2]O[SiH](O[Si](C)(C)C)O[Si](C)(C)C)/C(C(=O)O)=C(\C(=O)O)C1CCCCC1. The predicted octanol–water partition coefficient (Wildman–Crippen LogP) is 4.78.